The number of benzene rings is 1. The Balaban J connectivity index is 2.37. The van der Waals surface area contributed by atoms with Crippen molar-refractivity contribution >= 4 is 22.8 Å². The molecular formula is C17H20N3O5-. The van der Waals surface area contributed by atoms with Gasteiger partial charge in [0.1, 0.15) is 6.04 Å². The van der Waals surface area contributed by atoms with Crippen LogP contribution in [-0.4, -0.2) is 27.5 Å². The average molecular weight is 346 g/mol. The molecule has 2 rings (SSSR count). The van der Waals surface area contributed by atoms with Crippen molar-refractivity contribution in [2.75, 3.05) is 0 Å². The predicted molar refractivity (Wildman–Crippen MR) is 89.9 cm³/mol. The van der Waals surface area contributed by atoms with Crippen molar-refractivity contribution in [3.63, 3.8) is 0 Å². The highest BCUT2D eigenvalue weighted by Crippen LogP contribution is 2.08. The number of carbonyl (C=O) groups is 2. The topological polar surface area (TPSA) is 124 Å². The first-order valence-corrected chi connectivity index (χ1v) is 7.97. The van der Waals surface area contributed by atoms with Crippen LogP contribution in [0.2, 0.25) is 0 Å². The standard InChI is InChI=1S/C17H21N3O5/c1-9(2)8-13(16(23)24)18-14(21)10(3)20-15(22)11-6-4-5-7-12(11)19-17(20)25/h4-7,9-10,13H,8H2,1-3H3,(H,18,21)(H,19,25)(H,23,24)/p-1/t10-,13-/m0/s1. The van der Waals surface area contributed by atoms with Crippen molar-refractivity contribution in [2.24, 2.45) is 5.92 Å². The largest absolute Gasteiger partial charge is 0.548 e. The van der Waals surface area contributed by atoms with Crippen molar-refractivity contribution in [1.82, 2.24) is 14.9 Å². The lowest BCUT2D eigenvalue weighted by Crippen LogP contribution is -2.52. The molecule has 1 amide bonds. The van der Waals surface area contributed by atoms with Gasteiger partial charge in [-0.1, -0.05) is 26.0 Å². The van der Waals surface area contributed by atoms with Crippen LogP contribution in [0.5, 0.6) is 0 Å². The summed E-state index contributed by atoms with van der Waals surface area (Å²) in [6.45, 7) is 4.98. The summed E-state index contributed by atoms with van der Waals surface area (Å²) in [5.74, 6) is -2.13. The quantitative estimate of drug-likeness (QED) is 0.732. The van der Waals surface area contributed by atoms with Crippen molar-refractivity contribution in [3.05, 3.63) is 45.1 Å². The number of aromatic amines is 1. The normalized spacial score (nSPS) is 13.6. The molecule has 0 unspecified atom stereocenters. The second-order valence-electron chi connectivity index (χ2n) is 6.34. The van der Waals surface area contributed by atoms with E-state index in [1.165, 1.54) is 13.0 Å². The molecule has 134 valence electrons. The van der Waals surface area contributed by atoms with Gasteiger partial charge in [-0.15, -0.1) is 0 Å². The van der Waals surface area contributed by atoms with Crippen LogP contribution in [0, 0.1) is 5.92 Å². The minimum Gasteiger partial charge on any atom is -0.548 e. The third-order valence-corrected chi connectivity index (χ3v) is 3.91. The Hall–Kier alpha value is -2.90. The Morgan fingerprint density at radius 2 is 1.84 bits per heavy atom. The molecule has 0 fully saturated rings. The molecule has 0 aliphatic carbocycles. The zero-order chi connectivity index (χ0) is 18.7. The maximum atomic E-state index is 12.5. The summed E-state index contributed by atoms with van der Waals surface area (Å²) in [6.07, 6.45) is 0.184. The number of fused-ring (bicyclic) bond motifs is 1. The van der Waals surface area contributed by atoms with Gasteiger partial charge in [-0.3, -0.25) is 9.59 Å². The van der Waals surface area contributed by atoms with Crippen molar-refractivity contribution in [2.45, 2.75) is 39.3 Å². The van der Waals surface area contributed by atoms with E-state index in [1.807, 2.05) is 13.8 Å². The van der Waals surface area contributed by atoms with E-state index in [1.54, 1.807) is 18.2 Å². The number of rotatable bonds is 6. The van der Waals surface area contributed by atoms with E-state index in [2.05, 4.69) is 10.3 Å². The second kappa shape index (κ2) is 7.33. The number of carbonyl (C=O) groups excluding carboxylic acids is 2. The molecule has 1 heterocycles. The van der Waals surface area contributed by atoms with Gasteiger partial charge in [0.05, 0.1) is 22.9 Å². The summed E-state index contributed by atoms with van der Waals surface area (Å²) in [7, 11) is 0. The van der Waals surface area contributed by atoms with Gasteiger partial charge >= 0.3 is 5.69 Å². The Morgan fingerprint density at radius 3 is 2.44 bits per heavy atom. The van der Waals surface area contributed by atoms with Crippen molar-refractivity contribution in [3.8, 4) is 0 Å². The summed E-state index contributed by atoms with van der Waals surface area (Å²) in [5.41, 5.74) is -0.982. The Morgan fingerprint density at radius 1 is 1.20 bits per heavy atom. The molecule has 0 saturated heterocycles. The fourth-order valence-corrected chi connectivity index (χ4v) is 2.62. The average Bonchev–Trinajstić information content (AvgIpc) is 2.53. The third kappa shape index (κ3) is 3.96. The first-order chi connectivity index (χ1) is 11.7. The van der Waals surface area contributed by atoms with Gasteiger partial charge in [-0.2, -0.15) is 0 Å². The van der Waals surface area contributed by atoms with Crippen LogP contribution in [0.25, 0.3) is 10.9 Å². The highest BCUT2D eigenvalue weighted by Gasteiger charge is 2.23. The third-order valence-electron chi connectivity index (χ3n) is 3.91. The summed E-state index contributed by atoms with van der Waals surface area (Å²) in [6, 6.07) is 4.08. The lowest BCUT2D eigenvalue weighted by Gasteiger charge is -2.23. The van der Waals surface area contributed by atoms with E-state index in [-0.39, 0.29) is 17.7 Å². The zero-order valence-corrected chi connectivity index (χ0v) is 14.2. The molecule has 2 N–H and O–H groups in total. The number of amides is 1. The highest BCUT2D eigenvalue weighted by atomic mass is 16.4. The van der Waals surface area contributed by atoms with Crippen LogP contribution in [0.15, 0.2) is 33.9 Å². The molecule has 25 heavy (non-hydrogen) atoms. The maximum absolute atomic E-state index is 12.5. The number of hydrogen-bond donors (Lipinski definition) is 2. The van der Waals surface area contributed by atoms with Gasteiger partial charge in [-0.05, 0) is 31.4 Å². The van der Waals surface area contributed by atoms with Crippen molar-refractivity contribution < 1.29 is 14.7 Å². The van der Waals surface area contributed by atoms with Crippen LogP contribution in [0.4, 0.5) is 0 Å². The van der Waals surface area contributed by atoms with Gasteiger partial charge < -0.3 is 20.2 Å². The first-order valence-electron chi connectivity index (χ1n) is 7.97. The van der Waals surface area contributed by atoms with E-state index in [9.17, 15) is 24.3 Å². The van der Waals surface area contributed by atoms with Crippen LogP contribution in [0.1, 0.15) is 33.2 Å². The molecule has 0 saturated carbocycles. The monoisotopic (exact) mass is 346 g/mol. The smallest absolute Gasteiger partial charge is 0.329 e. The number of H-pyrrole nitrogens is 1. The van der Waals surface area contributed by atoms with Gasteiger partial charge in [0.25, 0.3) is 5.56 Å². The van der Waals surface area contributed by atoms with Gasteiger partial charge in [-0.25, -0.2) is 9.36 Å². The molecule has 8 nitrogen and oxygen atoms in total. The van der Waals surface area contributed by atoms with Crippen LogP contribution in [-0.2, 0) is 9.59 Å². The molecule has 1 aromatic carbocycles. The summed E-state index contributed by atoms with van der Waals surface area (Å²) in [5, 5.41) is 13.8. The SMILES string of the molecule is CC(C)C[C@H](NC(=O)[C@H](C)n1c(=O)[nH]c2ccccc2c1=O)C(=O)[O-]. The molecule has 0 bridgehead atoms. The number of para-hydroxylation sites is 1. The minimum atomic E-state index is -1.41. The van der Waals surface area contributed by atoms with Gasteiger partial charge in [0.2, 0.25) is 5.91 Å². The van der Waals surface area contributed by atoms with E-state index in [0.29, 0.717) is 5.52 Å². The summed E-state index contributed by atoms with van der Waals surface area (Å²) in [4.78, 5) is 50.8. The fraction of sp³-hybridized carbons (Fsp3) is 0.412. The molecule has 0 spiro atoms. The molecule has 2 aromatic rings. The predicted octanol–water partition coefficient (Wildman–Crippen LogP) is -0.468. The summed E-state index contributed by atoms with van der Waals surface area (Å²) >= 11 is 0. The number of nitrogens with zero attached hydrogens (tertiary/aromatic N) is 1. The number of carboxylic acid groups (broad SMARTS) is 1. The Kier molecular flexibility index (Phi) is 5.41. The second-order valence-corrected chi connectivity index (χ2v) is 6.34. The molecule has 1 aromatic heterocycles. The van der Waals surface area contributed by atoms with Gasteiger partial charge in [0, 0.05) is 0 Å². The molecule has 8 heteroatoms. The van der Waals surface area contributed by atoms with Crippen LogP contribution in [0.3, 0.4) is 0 Å². The Labute approximate surface area is 143 Å². The molecule has 2 atom stereocenters. The lowest BCUT2D eigenvalue weighted by atomic mass is 10.0. The zero-order valence-electron chi connectivity index (χ0n) is 14.2. The number of nitrogens with one attached hydrogen (secondary N) is 2. The van der Waals surface area contributed by atoms with E-state index >= 15 is 0 Å². The molecule has 0 aliphatic rings. The molecule has 0 radical (unpaired) electrons. The number of hydrogen-bond acceptors (Lipinski definition) is 5. The summed E-state index contributed by atoms with van der Waals surface area (Å²) < 4.78 is 0.777. The highest BCUT2D eigenvalue weighted by molar-refractivity contribution is 5.85. The number of aromatic nitrogens is 2. The number of aliphatic carboxylic acids is 1. The Bertz CT molecular complexity index is 912. The van der Waals surface area contributed by atoms with E-state index < -0.39 is 35.2 Å². The first kappa shape index (κ1) is 18.4. The number of carboxylic acids is 1. The van der Waals surface area contributed by atoms with Crippen molar-refractivity contribution in [1.29, 1.82) is 0 Å². The lowest BCUT2D eigenvalue weighted by molar-refractivity contribution is -0.308. The van der Waals surface area contributed by atoms with Crippen LogP contribution >= 0.6 is 0 Å². The van der Waals surface area contributed by atoms with E-state index in [0.717, 1.165) is 4.57 Å². The molecular weight excluding hydrogens is 326 g/mol. The minimum absolute atomic E-state index is 0.0188. The van der Waals surface area contributed by atoms with Gasteiger partial charge in [0.15, 0.2) is 0 Å². The fourth-order valence-electron chi connectivity index (χ4n) is 2.62. The van der Waals surface area contributed by atoms with Crippen LogP contribution < -0.4 is 21.7 Å². The molecule has 0 aliphatic heterocycles. The van der Waals surface area contributed by atoms with E-state index in [4.69, 9.17) is 0 Å². The maximum Gasteiger partial charge on any atom is 0.329 e.